The van der Waals surface area contributed by atoms with Gasteiger partial charge in [-0.3, -0.25) is 9.89 Å². The van der Waals surface area contributed by atoms with E-state index in [1.807, 2.05) is 37.3 Å². The fourth-order valence-electron chi connectivity index (χ4n) is 1.86. The van der Waals surface area contributed by atoms with Crippen LogP contribution in [0.2, 0.25) is 0 Å². The first-order valence-electron chi connectivity index (χ1n) is 6.59. The van der Waals surface area contributed by atoms with Gasteiger partial charge in [-0.1, -0.05) is 30.3 Å². The molecule has 0 radical (unpaired) electrons. The first-order valence-corrected chi connectivity index (χ1v) is 6.59. The molecule has 1 aromatic carbocycles. The predicted octanol–water partition coefficient (Wildman–Crippen LogP) is 1.81. The van der Waals surface area contributed by atoms with Crippen molar-refractivity contribution in [1.82, 2.24) is 25.2 Å². The summed E-state index contributed by atoms with van der Waals surface area (Å²) in [5.74, 6) is 0.137. The zero-order chi connectivity index (χ0) is 14.7. The van der Waals surface area contributed by atoms with E-state index in [2.05, 4.69) is 25.8 Å². The number of aromatic amines is 1. The monoisotopic (exact) mass is 282 g/mol. The molecule has 7 nitrogen and oxygen atoms in total. The molecular weight excluding hydrogens is 268 g/mol. The summed E-state index contributed by atoms with van der Waals surface area (Å²) in [5, 5.41) is 17.4. The van der Waals surface area contributed by atoms with Crippen molar-refractivity contribution >= 4 is 11.7 Å². The fraction of sp³-hybridized carbons (Fsp3) is 0.143. The van der Waals surface area contributed by atoms with Gasteiger partial charge < -0.3 is 5.32 Å². The van der Waals surface area contributed by atoms with E-state index in [-0.39, 0.29) is 11.6 Å². The van der Waals surface area contributed by atoms with Crippen LogP contribution in [0.4, 0.5) is 5.82 Å². The lowest BCUT2D eigenvalue weighted by molar-refractivity contribution is 0.102. The molecule has 0 atom stereocenters. The van der Waals surface area contributed by atoms with Crippen molar-refractivity contribution in [2.45, 2.75) is 13.3 Å². The number of carbonyl (C=O) groups is 1. The molecule has 0 saturated carbocycles. The first kappa shape index (κ1) is 13.0. The topological polar surface area (TPSA) is 88.5 Å². The van der Waals surface area contributed by atoms with Crippen LogP contribution >= 0.6 is 0 Å². The normalized spacial score (nSPS) is 10.5. The lowest BCUT2D eigenvalue weighted by atomic mass is 10.3. The maximum Gasteiger partial charge on any atom is 0.279 e. The lowest BCUT2D eigenvalue weighted by Crippen LogP contribution is -2.12. The quantitative estimate of drug-likeness (QED) is 0.763. The number of hydrogen-bond donors (Lipinski definition) is 2. The third-order valence-electron chi connectivity index (χ3n) is 3.00. The Bertz CT molecular complexity index is 746. The van der Waals surface area contributed by atoms with E-state index in [1.165, 1.54) is 0 Å². The van der Waals surface area contributed by atoms with E-state index in [4.69, 9.17) is 0 Å². The lowest BCUT2D eigenvalue weighted by Gasteiger charge is -1.98. The van der Waals surface area contributed by atoms with Crippen molar-refractivity contribution in [3.8, 4) is 5.69 Å². The Balaban J connectivity index is 1.75. The van der Waals surface area contributed by atoms with Gasteiger partial charge in [0.1, 0.15) is 0 Å². The summed E-state index contributed by atoms with van der Waals surface area (Å²) < 4.78 is 1.55. The van der Waals surface area contributed by atoms with Crippen LogP contribution in [0, 0.1) is 0 Å². The smallest absolute Gasteiger partial charge is 0.279 e. The highest BCUT2D eigenvalue weighted by Crippen LogP contribution is 2.09. The van der Waals surface area contributed by atoms with Crippen LogP contribution in [0.5, 0.6) is 0 Å². The van der Waals surface area contributed by atoms with Crippen molar-refractivity contribution in [2.24, 2.45) is 0 Å². The van der Waals surface area contributed by atoms with E-state index >= 15 is 0 Å². The zero-order valence-corrected chi connectivity index (χ0v) is 11.4. The van der Waals surface area contributed by atoms with Crippen LogP contribution < -0.4 is 5.32 Å². The Morgan fingerprint density at radius 3 is 2.86 bits per heavy atom. The second-order valence-electron chi connectivity index (χ2n) is 4.47. The van der Waals surface area contributed by atoms with Crippen molar-refractivity contribution in [1.29, 1.82) is 0 Å². The number of carbonyl (C=O) groups excluding carboxylic acids is 1. The molecule has 3 aromatic rings. The van der Waals surface area contributed by atoms with E-state index in [0.29, 0.717) is 5.82 Å². The molecule has 0 aliphatic rings. The van der Waals surface area contributed by atoms with Crippen LogP contribution in [0.15, 0.2) is 42.6 Å². The Morgan fingerprint density at radius 1 is 1.33 bits per heavy atom. The molecule has 0 saturated heterocycles. The Hall–Kier alpha value is -2.96. The molecule has 2 heterocycles. The summed E-state index contributed by atoms with van der Waals surface area (Å²) in [6.07, 6.45) is 2.41. The number of nitrogens with zero attached hydrogens (tertiary/aromatic N) is 4. The van der Waals surface area contributed by atoms with Crippen LogP contribution in [0.1, 0.15) is 23.1 Å². The van der Waals surface area contributed by atoms with Gasteiger partial charge in [0.05, 0.1) is 11.9 Å². The molecule has 106 valence electrons. The maximum absolute atomic E-state index is 12.1. The molecule has 0 bridgehead atoms. The van der Waals surface area contributed by atoms with E-state index in [9.17, 15) is 4.79 Å². The average Bonchev–Trinajstić information content (AvgIpc) is 3.17. The van der Waals surface area contributed by atoms with Crippen LogP contribution in [-0.4, -0.2) is 31.1 Å². The van der Waals surface area contributed by atoms with Crippen molar-refractivity contribution in [3.05, 3.63) is 54.0 Å². The Labute approximate surface area is 121 Å². The van der Waals surface area contributed by atoms with Gasteiger partial charge in [0.15, 0.2) is 11.5 Å². The van der Waals surface area contributed by atoms with Crippen LogP contribution in [-0.2, 0) is 6.42 Å². The summed E-state index contributed by atoms with van der Waals surface area (Å²) in [4.78, 5) is 12.1. The van der Waals surface area contributed by atoms with Crippen LogP contribution in [0.25, 0.3) is 5.69 Å². The van der Waals surface area contributed by atoms with Crippen molar-refractivity contribution < 1.29 is 4.79 Å². The number of aryl methyl sites for hydroxylation is 1. The second kappa shape index (κ2) is 5.58. The van der Waals surface area contributed by atoms with E-state index in [0.717, 1.165) is 17.8 Å². The number of rotatable bonds is 4. The molecule has 2 aromatic heterocycles. The minimum absolute atomic E-state index is 0.236. The molecule has 2 N–H and O–H groups in total. The molecule has 3 rings (SSSR count). The molecule has 0 spiro atoms. The third-order valence-corrected chi connectivity index (χ3v) is 3.00. The SMILES string of the molecule is CCc1cc(NC(=O)c2cn(-c3ccccc3)nn2)n[nH]1. The Morgan fingerprint density at radius 2 is 2.14 bits per heavy atom. The molecule has 0 fully saturated rings. The predicted molar refractivity (Wildman–Crippen MR) is 77.3 cm³/mol. The van der Waals surface area contributed by atoms with Gasteiger partial charge in [-0.25, -0.2) is 4.68 Å². The number of amides is 1. The molecule has 0 unspecified atom stereocenters. The number of anilines is 1. The van der Waals surface area contributed by atoms with Gasteiger partial charge in [-0.15, -0.1) is 5.10 Å². The van der Waals surface area contributed by atoms with Gasteiger partial charge in [-0.2, -0.15) is 5.10 Å². The summed E-state index contributed by atoms with van der Waals surface area (Å²) in [6.45, 7) is 2.00. The minimum atomic E-state index is -0.341. The molecule has 7 heteroatoms. The maximum atomic E-state index is 12.1. The van der Waals surface area contributed by atoms with E-state index < -0.39 is 0 Å². The van der Waals surface area contributed by atoms with Gasteiger partial charge in [0, 0.05) is 11.8 Å². The van der Waals surface area contributed by atoms with E-state index in [1.54, 1.807) is 16.9 Å². The number of nitrogens with one attached hydrogen (secondary N) is 2. The van der Waals surface area contributed by atoms with Crippen molar-refractivity contribution in [3.63, 3.8) is 0 Å². The van der Waals surface area contributed by atoms with Gasteiger partial charge in [-0.05, 0) is 18.6 Å². The molecule has 1 amide bonds. The average molecular weight is 282 g/mol. The molecule has 0 aliphatic heterocycles. The highest BCUT2D eigenvalue weighted by Gasteiger charge is 2.13. The van der Waals surface area contributed by atoms with Gasteiger partial charge in [0.25, 0.3) is 5.91 Å². The van der Waals surface area contributed by atoms with Crippen LogP contribution in [0.3, 0.4) is 0 Å². The molecule has 21 heavy (non-hydrogen) atoms. The number of benzene rings is 1. The number of para-hydroxylation sites is 1. The first-order chi connectivity index (χ1) is 10.3. The Kier molecular flexibility index (Phi) is 3.46. The highest BCUT2D eigenvalue weighted by molar-refractivity contribution is 6.02. The largest absolute Gasteiger partial charge is 0.304 e. The highest BCUT2D eigenvalue weighted by atomic mass is 16.2. The third kappa shape index (κ3) is 2.81. The summed E-state index contributed by atoms with van der Waals surface area (Å²) in [7, 11) is 0. The van der Waals surface area contributed by atoms with Crippen molar-refractivity contribution in [2.75, 3.05) is 5.32 Å². The number of H-pyrrole nitrogens is 1. The number of aromatic nitrogens is 5. The minimum Gasteiger partial charge on any atom is -0.304 e. The zero-order valence-electron chi connectivity index (χ0n) is 11.4. The molecular formula is C14H14N6O. The summed E-state index contributed by atoms with van der Waals surface area (Å²) in [5.41, 5.74) is 2.04. The summed E-state index contributed by atoms with van der Waals surface area (Å²) in [6, 6.07) is 11.3. The van der Waals surface area contributed by atoms with Gasteiger partial charge >= 0.3 is 0 Å². The number of hydrogen-bond acceptors (Lipinski definition) is 4. The van der Waals surface area contributed by atoms with Gasteiger partial charge in [0.2, 0.25) is 0 Å². The summed E-state index contributed by atoms with van der Waals surface area (Å²) >= 11 is 0. The standard InChI is InChI=1S/C14H14N6O/c1-2-10-8-13(18-16-10)15-14(21)12-9-20(19-17-12)11-6-4-3-5-7-11/h3-9H,2H2,1H3,(H2,15,16,18,21). The second-order valence-corrected chi connectivity index (χ2v) is 4.47. The molecule has 0 aliphatic carbocycles. The fourth-order valence-corrected chi connectivity index (χ4v) is 1.86.